The molecule has 5 rings (SSSR count). The van der Waals surface area contributed by atoms with Gasteiger partial charge in [0.25, 0.3) is 0 Å². The topological polar surface area (TPSA) is 61.6 Å². The van der Waals surface area contributed by atoms with Gasteiger partial charge in [0.2, 0.25) is 5.95 Å². The van der Waals surface area contributed by atoms with E-state index in [0.717, 1.165) is 60.8 Å². The van der Waals surface area contributed by atoms with Crippen LogP contribution in [-0.2, 0) is 0 Å². The third kappa shape index (κ3) is 3.81. The Morgan fingerprint density at radius 1 is 0.935 bits per heavy atom. The van der Waals surface area contributed by atoms with E-state index in [2.05, 4.69) is 80.6 Å². The summed E-state index contributed by atoms with van der Waals surface area (Å²) in [7, 11) is 0. The molecular formula is C24H29N7. The van der Waals surface area contributed by atoms with Gasteiger partial charge in [-0.1, -0.05) is 20.8 Å². The number of likely N-dealkylation sites (N-methyl/N-ethyl adjacent to an activating group) is 1. The molecule has 160 valence electrons. The molecule has 0 amide bonds. The van der Waals surface area contributed by atoms with Crippen molar-refractivity contribution >= 4 is 34.0 Å². The zero-order valence-corrected chi connectivity index (χ0v) is 18.4. The number of nitrogens with zero attached hydrogens (tertiary/aromatic N) is 6. The zero-order chi connectivity index (χ0) is 21.4. The maximum absolute atomic E-state index is 4.83. The number of rotatable bonds is 5. The number of piperazine rings is 1. The van der Waals surface area contributed by atoms with Gasteiger partial charge in [0.05, 0.1) is 11.9 Å². The molecule has 1 aliphatic rings. The summed E-state index contributed by atoms with van der Waals surface area (Å²) in [5.41, 5.74) is 4.47. The first-order chi connectivity index (χ1) is 15.1. The molecule has 1 N–H and O–H groups in total. The summed E-state index contributed by atoms with van der Waals surface area (Å²) in [6.07, 6.45) is 3.81. The maximum Gasteiger partial charge on any atom is 0.230 e. The van der Waals surface area contributed by atoms with Crippen molar-refractivity contribution in [1.82, 2.24) is 24.3 Å². The largest absolute Gasteiger partial charge is 0.368 e. The van der Waals surface area contributed by atoms with Gasteiger partial charge in [0.15, 0.2) is 0 Å². The molecule has 5 heterocycles. The van der Waals surface area contributed by atoms with Crippen molar-refractivity contribution in [3.8, 4) is 0 Å². The average Bonchev–Trinajstić information content (AvgIpc) is 3.25. The molecule has 0 saturated carbocycles. The predicted octanol–water partition coefficient (Wildman–Crippen LogP) is 4.29. The van der Waals surface area contributed by atoms with Gasteiger partial charge in [-0.2, -0.15) is 4.98 Å². The van der Waals surface area contributed by atoms with Gasteiger partial charge >= 0.3 is 0 Å². The van der Waals surface area contributed by atoms with Gasteiger partial charge < -0.3 is 15.1 Å². The third-order valence-electron chi connectivity index (χ3n) is 6.15. The fourth-order valence-corrected chi connectivity index (χ4v) is 4.29. The van der Waals surface area contributed by atoms with E-state index in [4.69, 9.17) is 4.98 Å². The Kier molecular flexibility index (Phi) is 5.19. The van der Waals surface area contributed by atoms with E-state index in [1.54, 1.807) is 0 Å². The Morgan fingerprint density at radius 2 is 1.74 bits per heavy atom. The number of fused-ring (bicyclic) bond motifs is 3. The second-order valence-electron chi connectivity index (χ2n) is 8.43. The first-order valence-corrected chi connectivity index (χ1v) is 11.1. The molecule has 1 saturated heterocycles. The summed E-state index contributed by atoms with van der Waals surface area (Å²) in [6, 6.07) is 12.6. The lowest BCUT2D eigenvalue weighted by Gasteiger charge is -2.35. The van der Waals surface area contributed by atoms with Crippen molar-refractivity contribution in [1.29, 1.82) is 0 Å². The lowest BCUT2D eigenvalue weighted by Crippen LogP contribution is -2.46. The van der Waals surface area contributed by atoms with Crippen molar-refractivity contribution in [3.05, 3.63) is 54.5 Å². The Morgan fingerprint density at radius 3 is 2.45 bits per heavy atom. The average molecular weight is 416 g/mol. The molecule has 0 atom stereocenters. The molecule has 0 aromatic carbocycles. The highest BCUT2D eigenvalue weighted by Crippen LogP contribution is 2.25. The molecule has 0 radical (unpaired) electrons. The van der Waals surface area contributed by atoms with Gasteiger partial charge in [-0.15, -0.1) is 0 Å². The summed E-state index contributed by atoms with van der Waals surface area (Å²) < 4.78 is 2.22. The maximum atomic E-state index is 4.83. The third-order valence-corrected chi connectivity index (χ3v) is 6.15. The number of anilines is 3. The SMILES string of the molecule is CCN1CCN(c2ccc(Nc3ncc4ccc5ccc(C(C)C)n5c4n3)nc2)CC1. The van der Waals surface area contributed by atoms with Crippen LogP contribution in [0, 0.1) is 0 Å². The fourth-order valence-electron chi connectivity index (χ4n) is 4.29. The van der Waals surface area contributed by atoms with Crippen LogP contribution in [0.25, 0.3) is 16.6 Å². The Balaban J connectivity index is 1.39. The van der Waals surface area contributed by atoms with Crippen LogP contribution < -0.4 is 10.2 Å². The van der Waals surface area contributed by atoms with E-state index in [1.807, 2.05) is 18.5 Å². The van der Waals surface area contributed by atoms with E-state index in [9.17, 15) is 0 Å². The Hall–Kier alpha value is -3.19. The minimum atomic E-state index is 0.410. The molecule has 0 unspecified atom stereocenters. The molecule has 4 aromatic heterocycles. The van der Waals surface area contributed by atoms with Crippen molar-refractivity contribution in [2.24, 2.45) is 0 Å². The fraction of sp³-hybridized carbons (Fsp3) is 0.375. The smallest absolute Gasteiger partial charge is 0.230 e. The molecule has 0 spiro atoms. The molecule has 0 aliphatic carbocycles. The molecule has 1 fully saturated rings. The number of aromatic nitrogens is 4. The Bertz CT molecular complexity index is 1190. The van der Waals surface area contributed by atoms with Gasteiger partial charge in [-0.05, 0) is 48.9 Å². The first kappa shape index (κ1) is 19.8. The number of hydrogen-bond donors (Lipinski definition) is 1. The normalized spacial score (nSPS) is 15.3. The first-order valence-electron chi connectivity index (χ1n) is 11.1. The van der Waals surface area contributed by atoms with Crippen LogP contribution in [0.2, 0.25) is 0 Å². The second kappa shape index (κ2) is 8.15. The van der Waals surface area contributed by atoms with E-state index in [-0.39, 0.29) is 0 Å². The summed E-state index contributed by atoms with van der Waals surface area (Å²) in [5.74, 6) is 1.71. The van der Waals surface area contributed by atoms with Crippen LogP contribution in [0.5, 0.6) is 0 Å². The van der Waals surface area contributed by atoms with Crippen LogP contribution in [0.3, 0.4) is 0 Å². The minimum absolute atomic E-state index is 0.410. The van der Waals surface area contributed by atoms with E-state index < -0.39 is 0 Å². The van der Waals surface area contributed by atoms with Gasteiger partial charge in [-0.3, -0.25) is 4.40 Å². The van der Waals surface area contributed by atoms with Crippen molar-refractivity contribution < 1.29 is 0 Å². The molecule has 1 aliphatic heterocycles. The summed E-state index contributed by atoms with van der Waals surface area (Å²) >= 11 is 0. The monoisotopic (exact) mass is 415 g/mol. The molecule has 7 heteroatoms. The predicted molar refractivity (Wildman–Crippen MR) is 126 cm³/mol. The van der Waals surface area contributed by atoms with E-state index in [1.165, 1.54) is 5.69 Å². The molecular weight excluding hydrogens is 386 g/mol. The quantitative estimate of drug-likeness (QED) is 0.525. The number of nitrogens with one attached hydrogen (secondary N) is 1. The summed E-state index contributed by atoms with van der Waals surface area (Å²) in [6.45, 7) is 12.0. The van der Waals surface area contributed by atoms with E-state index in [0.29, 0.717) is 11.9 Å². The van der Waals surface area contributed by atoms with Crippen molar-refractivity contribution in [3.63, 3.8) is 0 Å². The van der Waals surface area contributed by atoms with Crippen molar-refractivity contribution in [2.45, 2.75) is 26.7 Å². The zero-order valence-electron chi connectivity index (χ0n) is 18.4. The highest BCUT2D eigenvalue weighted by molar-refractivity contribution is 5.80. The lowest BCUT2D eigenvalue weighted by atomic mass is 10.1. The molecule has 31 heavy (non-hydrogen) atoms. The Labute approximate surface area is 182 Å². The highest BCUT2D eigenvalue weighted by Gasteiger charge is 2.16. The van der Waals surface area contributed by atoms with Crippen LogP contribution in [0.15, 0.2) is 48.8 Å². The van der Waals surface area contributed by atoms with Crippen LogP contribution in [0.1, 0.15) is 32.4 Å². The van der Waals surface area contributed by atoms with Crippen LogP contribution in [-0.4, -0.2) is 57.0 Å². The number of hydrogen-bond acceptors (Lipinski definition) is 6. The summed E-state index contributed by atoms with van der Waals surface area (Å²) in [4.78, 5) is 18.8. The molecule has 4 aromatic rings. The van der Waals surface area contributed by atoms with Crippen molar-refractivity contribution in [2.75, 3.05) is 42.9 Å². The van der Waals surface area contributed by atoms with Gasteiger partial charge in [0.1, 0.15) is 11.5 Å². The lowest BCUT2D eigenvalue weighted by molar-refractivity contribution is 0.271. The van der Waals surface area contributed by atoms with Gasteiger partial charge in [-0.25, -0.2) is 9.97 Å². The highest BCUT2D eigenvalue weighted by atomic mass is 15.3. The molecule has 7 nitrogen and oxygen atoms in total. The second-order valence-corrected chi connectivity index (χ2v) is 8.43. The standard InChI is InChI=1S/C24H29N7/c1-4-29-11-13-30(14-12-29)20-8-10-22(25-16-20)27-24-26-15-18-5-6-19-7-9-21(17(2)3)31(19)23(18)28-24/h5-10,15-17H,4,11-14H2,1-3H3,(H,25,26,27,28). The summed E-state index contributed by atoms with van der Waals surface area (Å²) in [5, 5.41) is 4.29. The van der Waals surface area contributed by atoms with E-state index >= 15 is 0 Å². The van der Waals surface area contributed by atoms with Crippen LogP contribution >= 0.6 is 0 Å². The van der Waals surface area contributed by atoms with Crippen LogP contribution in [0.4, 0.5) is 17.5 Å². The molecule has 0 bridgehead atoms. The van der Waals surface area contributed by atoms with Gasteiger partial charge in [0, 0.05) is 49.0 Å². The minimum Gasteiger partial charge on any atom is -0.368 e. The number of pyridine rings is 2.